The van der Waals surface area contributed by atoms with Crippen LogP contribution in [0.3, 0.4) is 0 Å². The van der Waals surface area contributed by atoms with E-state index in [1.807, 2.05) is 0 Å². The molecule has 9 heteroatoms. The van der Waals surface area contributed by atoms with Crippen molar-refractivity contribution in [1.82, 2.24) is 18.7 Å². The van der Waals surface area contributed by atoms with Crippen LogP contribution in [0, 0.1) is 0 Å². The highest BCUT2D eigenvalue weighted by Crippen LogP contribution is 2.13. The average Bonchev–Trinajstić information content (AvgIpc) is 2.72. The van der Waals surface area contributed by atoms with Gasteiger partial charge in [0.1, 0.15) is 6.54 Å². The molecule has 108 valence electrons. The number of anilines is 1. The van der Waals surface area contributed by atoms with E-state index in [-0.39, 0.29) is 23.7 Å². The van der Waals surface area contributed by atoms with Gasteiger partial charge in [-0.15, -0.1) is 0 Å². The molecule has 0 radical (unpaired) electrons. The third-order valence-electron chi connectivity index (χ3n) is 3.07. The number of fused-ring (bicyclic) bond motifs is 1. The largest absolute Gasteiger partial charge is 0.480 e. The zero-order valence-corrected chi connectivity index (χ0v) is 11.4. The number of hydrogen-bond donors (Lipinski definition) is 2. The topological polar surface area (TPSA) is 111 Å². The lowest BCUT2D eigenvalue weighted by atomic mass is 10.5. The summed E-state index contributed by atoms with van der Waals surface area (Å²) < 4.78 is 3.82. The van der Waals surface area contributed by atoms with Crippen molar-refractivity contribution in [2.45, 2.75) is 13.5 Å². The summed E-state index contributed by atoms with van der Waals surface area (Å²) in [5, 5.41) is 11.3. The fourth-order valence-corrected chi connectivity index (χ4v) is 2.03. The highest BCUT2D eigenvalue weighted by atomic mass is 16.4. The number of nitrogens with one attached hydrogen (secondary N) is 1. The number of carboxylic acid groups (broad SMARTS) is 1. The molecule has 0 saturated carbocycles. The van der Waals surface area contributed by atoms with Crippen LogP contribution in [0.4, 0.5) is 5.95 Å². The predicted molar refractivity (Wildman–Crippen MR) is 72.0 cm³/mol. The van der Waals surface area contributed by atoms with Crippen molar-refractivity contribution < 1.29 is 9.90 Å². The van der Waals surface area contributed by atoms with E-state index in [0.717, 1.165) is 4.57 Å². The van der Waals surface area contributed by atoms with Crippen molar-refractivity contribution in [3.05, 3.63) is 20.8 Å². The van der Waals surface area contributed by atoms with Gasteiger partial charge in [0.25, 0.3) is 5.56 Å². The number of rotatable bonds is 4. The third-order valence-corrected chi connectivity index (χ3v) is 3.07. The van der Waals surface area contributed by atoms with Gasteiger partial charge in [-0.1, -0.05) is 0 Å². The number of nitrogens with zero attached hydrogens (tertiary/aromatic N) is 4. The van der Waals surface area contributed by atoms with Gasteiger partial charge in [0.15, 0.2) is 11.2 Å². The highest BCUT2D eigenvalue weighted by molar-refractivity contribution is 5.76. The van der Waals surface area contributed by atoms with Crippen LogP contribution in [-0.4, -0.2) is 36.3 Å². The first-order chi connectivity index (χ1) is 9.38. The Morgan fingerprint density at radius 1 is 1.30 bits per heavy atom. The van der Waals surface area contributed by atoms with Crippen LogP contribution in [-0.2, 0) is 25.4 Å². The molecule has 0 unspecified atom stereocenters. The number of imidazole rings is 1. The van der Waals surface area contributed by atoms with Crippen LogP contribution in [0.15, 0.2) is 9.59 Å². The lowest BCUT2D eigenvalue weighted by Gasteiger charge is -2.05. The Hall–Kier alpha value is -2.58. The fourth-order valence-electron chi connectivity index (χ4n) is 2.03. The normalized spacial score (nSPS) is 10.9. The average molecular weight is 281 g/mol. The van der Waals surface area contributed by atoms with E-state index in [4.69, 9.17) is 5.11 Å². The molecule has 2 heterocycles. The monoisotopic (exact) mass is 281 g/mol. The molecule has 0 fully saturated rings. The molecule has 0 aromatic carbocycles. The second-order valence-corrected chi connectivity index (χ2v) is 4.30. The molecule has 2 rings (SSSR count). The van der Waals surface area contributed by atoms with Gasteiger partial charge < -0.3 is 15.0 Å². The summed E-state index contributed by atoms with van der Waals surface area (Å²) in [6.07, 6.45) is 0. The zero-order valence-electron chi connectivity index (χ0n) is 11.4. The Balaban J connectivity index is 2.76. The number of aliphatic carboxylic acids is 1. The molecule has 0 atom stereocenters. The molecular formula is C11H15N5O4. The van der Waals surface area contributed by atoms with Crippen LogP contribution in [0.25, 0.3) is 11.2 Å². The number of aryl methyl sites for hydroxylation is 2. The summed E-state index contributed by atoms with van der Waals surface area (Å²) in [4.78, 5) is 38.9. The van der Waals surface area contributed by atoms with Crippen LogP contribution in [0.5, 0.6) is 0 Å². The lowest BCUT2D eigenvalue weighted by Crippen LogP contribution is -2.38. The first-order valence-electron chi connectivity index (χ1n) is 6.00. The summed E-state index contributed by atoms with van der Waals surface area (Å²) >= 11 is 0. The third kappa shape index (κ3) is 1.96. The van der Waals surface area contributed by atoms with E-state index < -0.39 is 17.2 Å². The van der Waals surface area contributed by atoms with Crippen LogP contribution in [0.2, 0.25) is 0 Å². The minimum atomic E-state index is -1.04. The van der Waals surface area contributed by atoms with Gasteiger partial charge in [0, 0.05) is 20.6 Å². The molecule has 0 aliphatic rings. The van der Waals surface area contributed by atoms with Crippen LogP contribution in [0.1, 0.15) is 6.92 Å². The van der Waals surface area contributed by atoms with Crippen molar-refractivity contribution >= 4 is 23.1 Å². The minimum Gasteiger partial charge on any atom is -0.480 e. The Morgan fingerprint density at radius 3 is 2.50 bits per heavy atom. The van der Waals surface area contributed by atoms with Gasteiger partial charge >= 0.3 is 11.7 Å². The smallest absolute Gasteiger partial charge is 0.332 e. The minimum absolute atomic E-state index is 0.229. The summed E-state index contributed by atoms with van der Waals surface area (Å²) in [6, 6.07) is 0. The molecule has 0 amide bonds. The van der Waals surface area contributed by atoms with Gasteiger partial charge in [-0.2, -0.15) is 4.98 Å². The maximum Gasteiger partial charge on any atom is 0.332 e. The van der Waals surface area contributed by atoms with Crippen LogP contribution >= 0.6 is 0 Å². The highest BCUT2D eigenvalue weighted by Gasteiger charge is 2.17. The fraction of sp³-hybridized carbons (Fsp3) is 0.455. The summed E-state index contributed by atoms with van der Waals surface area (Å²) in [5.74, 6) is -0.815. The van der Waals surface area contributed by atoms with Gasteiger partial charge in [-0.25, -0.2) is 4.79 Å². The zero-order chi connectivity index (χ0) is 15.0. The lowest BCUT2D eigenvalue weighted by molar-refractivity contribution is -0.134. The SMILES string of the molecule is CCn1c(=O)n(C)c(=O)c2c1nc(NCC(=O)O)n2C. The van der Waals surface area contributed by atoms with Gasteiger partial charge in [-0.3, -0.25) is 18.7 Å². The molecule has 0 bridgehead atoms. The van der Waals surface area contributed by atoms with Gasteiger partial charge in [-0.05, 0) is 6.92 Å². The van der Waals surface area contributed by atoms with Crippen molar-refractivity contribution in [3.63, 3.8) is 0 Å². The van der Waals surface area contributed by atoms with Crippen LogP contribution < -0.4 is 16.6 Å². The van der Waals surface area contributed by atoms with Gasteiger partial charge in [0.2, 0.25) is 5.95 Å². The van der Waals surface area contributed by atoms with E-state index in [1.54, 1.807) is 14.0 Å². The molecule has 2 aromatic rings. The predicted octanol–water partition coefficient (Wildman–Crippen LogP) is -1.05. The Morgan fingerprint density at radius 2 is 1.95 bits per heavy atom. The van der Waals surface area contributed by atoms with Gasteiger partial charge in [0.05, 0.1) is 0 Å². The van der Waals surface area contributed by atoms with E-state index in [9.17, 15) is 14.4 Å². The molecule has 2 N–H and O–H groups in total. The van der Waals surface area contributed by atoms with E-state index in [0.29, 0.717) is 6.54 Å². The molecule has 0 saturated heterocycles. The van der Waals surface area contributed by atoms with E-state index >= 15 is 0 Å². The second kappa shape index (κ2) is 4.83. The maximum absolute atomic E-state index is 12.1. The Labute approximate surface area is 113 Å². The number of carbonyl (C=O) groups is 1. The molecule has 2 aromatic heterocycles. The summed E-state index contributed by atoms with van der Waals surface area (Å²) in [6.45, 7) is 1.80. The molecule has 0 spiro atoms. The molecule has 0 aliphatic carbocycles. The first kappa shape index (κ1) is 13.8. The van der Waals surface area contributed by atoms with Crippen molar-refractivity contribution in [1.29, 1.82) is 0 Å². The molecule has 0 aliphatic heterocycles. The first-order valence-corrected chi connectivity index (χ1v) is 6.00. The van der Waals surface area contributed by atoms with Crippen molar-refractivity contribution in [2.75, 3.05) is 11.9 Å². The molecule has 20 heavy (non-hydrogen) atoms. The quantitative estimate of drug-likeness (QED) is 0.739. The maximum atomic E-state index is 12.1. The van der Waals surface area contributed by atoms with E-state index in [1.165, 1.54) is 16.2 Å². The van der Waals surface area contributed by atoms with Crippen molar-refractivity contribution in [2.24, 2.45) is 14.1 Å². The summed E-state index contributed by atoms with van der Waals surface area (Å²) in [7, 11) is 2.99. The summed E-state index contributed by atoms with van der Waals surface area (Å²) in [5.41, 5.74) is -0.418. The Bertz CT molecular complexity index is 798. The molecular weight excluding hydrogens is 266 g/mol. The number of hydrogen-bond acceptors (Lipinski definition) is 5. The van der Waals surface area contributed by atoms with Crippen molar-refractivity contribution in [3.8, 4) is 0 Å². The standard InChI is InChI=1S/C11H15N5O4/c1-4-16-8-7(9(19)15(3)11(16)20)14(2)10(13-8)12-5-6(17)18/h4-5H2,1-3H3,(H,12,13)(H,17,18). The molecule has 9 nitrogen and oxygen atoms in total. The number of aromatic nitrogens is 4. The van der Waals surface area contributed by atoms with E-state index in [2.05, 4.69) is 10.3 Å². The number of carboxylic acids is 1. The Kier molecular flexibility index (Phi) is 3.35. The second-order valence-electron chi connectivity index (χ2n) is 4.30.